The van der Waals surface area contributed by atoms with E-state index in [0.29, 0.717) is 11.5 Å². The first-order chi connectivity index (χ1) is 14.9. The number of benzene rings is 2. The normalized spacial score (nSPS) is 14.2. The van der Waals surface area contributed by atoms with Crippen LogP contribution < -0.4 is 14.8 Å². The maximum Gasteiger partial charge on any atom is 0.351 e. The van der Waals surface area contributed by atoms with Gasteiger partial charge in [-0.05, 0) is 30.3 Å². The van der Waals surface area contributed by atoms with E-state index >= 15 is 0 Å². The number of hydrogen-bond donors (Lipinski definition) is 1. The van der Waals surface area contributed by atoms with Crippen LogP contribution in [0.1, 0.15) is 20.7 Å². The van der Waals surface area contributed by atoms with Crippen LogP contribution in [-0.2, 0) is 23.8 Å². The number of hydrogen-bond acceptors (Lipinski definition) is 9. The summed E-state index contributed by atoms with van der Waals surface area (Å²) < 4.78 is 25.2. The highest BCUT2D eigenvalue weighted by molar-refractivity contribution is 6.00. The molecule has 0 aromatic heterocycles. The predicted molar refractivity (Wildman–Crippen MR) is 105 cm³/mol. The molecule has 0 saturated carbocycles. The largest absolute Gasteiger partial charge is 0.485 e. The van der Waals surface area contributed by atoms with Crippen molar-refractivity contribution in [3.63, 3.8) is 0 Å². The molecule has 31 heavy (non-hydrogen) atoms. The van der Waals surface area contributed by atoms with E-state index < -0.39 is 36.5 Å². The molecule has 2 aromatic carbocycles. The summed E-state index contributed by atoms with van der Waals surface area (Å²) in [6.07, 6.45) is -1.02. The summed E-state index contributed by atoms with van der Waals surface area (Å²) in [4.78, 5) is 48.0. The number of amides is 1. The molecule has 1 N–H and O–H groups in total. The minimum atomic E-state index is -1.02. The minimum absolute atomic E-state index is 0.0316. The molecule has 1 aliphatic rings. The molecule has 0 unspecified atom stereocenters. The molecule has 1 atom stereocenters. The molecule has 3 rings (SSSR count). The van der Waals surface area contributed by atoms with Gasteiger partial charge in [0.1, 0.15) is 6.61 Å². The monoisotopic (exact) mass is 429 g/mol. The minimum Gasteiger partial charge on any atom is -0.485 e. The van der Waals surface area contributed by atoms with Crippen molar-refractivity contribution in [2.24, 2.45) is 0 Å². The summed E-state index contributed by atoms with van der Waals surface area (Å²) in [5.41, 5.74) is 0.184. The Morgan fingerprint density at radius 3 is 2.19 bits per heavy atom. The average Bonchev–Trinajstić information content (AvgIpc) is 2.80. The SMILES string of the molecule is COC(=O)c1cc(NC(=O)COC(=O)[C@@H]2COc3ccccc3O2)cc(C(=O)OC)c1. The standard InChI is InChI=1S/C21H19NO9/c1-27-19(24)12-7-13(20(25)28-2)9-14(8-12)22-18(23)11-30-21(26)17-10-29-15-5-3-4-6-16(15)31-17/h3-9,17H,10-11H2,1-2H3,(H,22,23)/t17-/m0/s1. The molecule has 162 valence electrons. The summed E-state index contributed by atoms with van der Waals surface area (Å²) in [6, 6.07) is 10.7. The molecule has 0 aliphatic carbocycles. The third-order valence-corrected chi connectivity index (χ3v) is 4.18. The third kappa shape index (κ3) is 5.30. The number of fused-ring (bicyclic) bond motifs is 1. The second kappa shape index (κ2) is 9.61. The quantitative estimate of drug-likeness (QED) is 0.538. The van der Waals surface area contributed by atoms with E-state index in [4.69, 9.17) is 14.2 Å². The highest BCUT2D eigenvalue weighted by Crippen LogP contribution is 2.31. The van der Waals surface area contributed by atoms with E-state index in [1.807, 2.05) is 0 Å². The van der Waals surface area contributed by atoms with Crippen molar-refractivity contribution in [2.45, 2.75) is 6.10 Å². The molecule has 2 aromatic rings. The molecule has 0 radical (unpaired) electrons. The van der Waals surface area contributed by atoms with Gasteiger partial charge >= 0.3 is 17.9 Å². The molecule has 1 heterocycles. The first-order valence-corrected chi connectivity index (χ1v) is 9.08. The van der Waals surface area contributed by atoms with Crippen LogP contribution in [0.15, 0.2) is 42.5 Å². The van der Waals surface area contributed by atoms with Crippen LogP contribution in [-0.4, -0.2) is 57.4 Å². The molecule has 0 fully saturated rings. The lowest BCUT2D eigenvalue weighted by atomic mass is 10.1. The number of rotatable bonds is 6. The second-order valence-electron chi connectivity index (χ2n) is 6.30. The summed E-state index contributed by atoms with van der Waals surface area (Å²) in [6.45, 7) is -0.669. The van der Waals surface area contributed by atoms with Gasteiger partial charge in [0.15, 0.2) is 18.1 Å². The fraction of sp³-hybridized carbons (Fsp3) is 0.238. The van der Waals surface area contributed by atoms with Crippen LogP contribution in [0.4, 0.5) is 5.69 Å². The van der Waals surface area contributed by atoms with Crippen molar-refractivity contribution in [1.29, 1.82) is 0 Å². The van der Waals surface area contributed by atoms with Gasteiger partial charge in [0.25, 0.3) is 5.91 Å². The maximum absolute atomic E-state index is 12.2. The van der Waals surface area contributed by atoms with Crippen molar-refractivity contribution in [3.05, 3.63) is 53.6 Å². The first-order valence-electron chi connectivity index (χ1n) is 9.08. The van der Waals surface area contributed by atoms with Crippen LogP contribution in [0.3, 0.4) is 0 Å². The van der Waals surface area contributed by atoms with Crippen LogP contribution in [0.25, 0.3) is 0 Å². The fourth-order valence-electron chi connectivity index (χ4n) is 2.73. The van der Waals surface area contributed by atoms with Gasteiger partial charge < -0.3 is 29.0 Å². The Kier molecular flexibility index (Phi) is 6.71. The zero-order valence-corrected chi connectivity index (χ0v) is 16.7. The number of methoxy groups -OCH3 is 2. The highest BCUT2D eigenvalue weighted by atomic mass is 16.6. The molecular weight excluding hydrogens is 410 g/mol. The molecule has 10 nitrogen and oxygen atoms in total. The van der Waals surface area contributed by atoms with Gasteiger partial charge in [0, 0.05) is 5.69 Å². The summed E-state index contributed by atoms with van der Waals surface area (Å²) in [5.74, 6) is -1.97. The van der Waals surface area contributed by atoms with Gasteiger partial charge in [-0.2, -0.15) is 0 Å². The molecule has 0 saturated heterocycles. The zero-order valence-electron chi connectivity index (χ0n) is 16.7. The van der Waals surface area contributed by atoms with Crippen molar-refractivity contribution < 1.29 is 42.9 Å². The van der Waals surface area contributed by atoms with E-state index in [0.717, 1.165) is 0 Å². The maximum atomic E-state index is 12.2. The number of para-hydroxylation sites is 2. The molecule has 1 aliphatic heterocycles. The summed E-state index contributed by atoms with van der Waals surface area (Å²) >= 11 is 0. The lowest BCUT2D eigenvalue weighted by Gasteiger charge is -2.24. The topological polar surface area (TPSA) is 126 Å². The lowest BCUT2D eigenvalue weighted by molar-refractivity contribution is -0.156. The fourth-order valence-corrected chi connectivity index (χ4v) is 2.73. The van der Waals surface area contributed by atoms with Gasteiger partial charge in [0.2, 0.25) is 6.10 Å². The first kappa shape index (κ1) is 21.6. The Balaban J connectivity index is 1.61. The van der Waals surface area contributed by atoms with E-state index in [1.54, 1.807) is 24.3 Å². The smallest absolute Gasteiger partial charge is 0.351 e. The molecule has 1 amide bonds. The van der Waals surface area contributed by atoms with Crippen molar-refractivity contribution in [3.8, 4) is 11.5 Å². The highest BCUT2D eigenvalue weighted by Gasteiger charge is 2.29. The third-order valence-electron chi connectivity index (χ3n) is 4.18. The zero-order chi connectivity index (χ0) is 22.4. The van der Waals surface area contributed by atoms with E-state index in [-0.39, 0.29) is 23.4 Å². The van der Waals surface area contributed by atoms with Crippen molar-refractivity contribution in [1.82, 2.24) is 0 Å². The van der Waals surface area contributed by atoms with E-state index in [9.17, 15) is 19.2 Å². The van der Waals surface area contributed by atoms with Gasteiger partial charge in [0.05, 0.1) is 25.3 Å². The number of nitrogens with one attached hydrogen (secondary N) is 1. The van der Waals surface area contributed by atoms with Gasteiger partial charge in [-0.3, -0.25) is 4.79 Å². The summed E-state index contributed by atoms with van der Waals surface area (Å²) in [5, 5.41) is 2.45. The van der Waals surface area contributed by atoms with E-state index in [2.05, 4.69) is 14.8 Å². The Morgan fingerprint density at radius 2 is 1.58 bits per heavy atom. The molecular formula is C21H19NO9. The van der Waals surface area contributed by atoms with Crippen LogP contribution in [0, 0.1) is 0 Å². The van der Waals surface area contributed by atoms with Crippen LogP contribution in [0.5, 0.6) is 11.5 Å². The number of ether oxygens (including phenoxy) is 5. The lowest BCUT2D eigenvalue weighted by Crippen LogP contribution is -2.39. The van der Waals surface area contributed by atoms with Gasteiger partial charge in [-0.15, -0.1) is 0 Å². The Labute approximate surface area is 177 Å². The Bertz CT molecular complexity index is 983. The number of anilines is 1. The van der Waals surface area contributed by atoms with Gasteiger partial charge in [-0.25, -0.2) is 14.4 Å². The summed E-state index contributed by atoms with van der Waals surface area (Å²) in [7, 11) is 2.36. The van der Waals surface area contributed by atoms with E-state index in [1.165, 1.54) is 32.4 Å². The number of carbonyl (C=O) groups excluding carboxylic acids is 4. The Hall–Kier alpha value is -4.08. The van der Waals surface area contributed by atoms with Crippen molar-refractivity contribution in [2.75, 3.05) is 32.8 Å². The Morgan fingerprint density at radius 1 is 0.968 bits per heavy atom. The molecule has 0 spiro atoms. The molecule has 0 bridgehead atoms. The average molecular weight is 429 g/mol. The molecule has 10 heteroatoms. The number of esters is 3. The number of carbonyl (C=O) groups is 4. The van der Waals surface area contributed by atoms with Crippen molar-refractivity contribution >= 4 is 29.5 Å². The second-order valence-corrected chi connectivity index (χ2v) is 6.30. The predicted octanol–water partition coefficient (Wildman–Crippen LogP) is 1.58. The van der Waals surface area contributed by atoms with Gasteiger partial charge in [-0.1, -0.05) is 12.1 Å². The van der Waals surface area contributed by atoms with Crippen LogP contribution >= 0.6 is 0 Å². The van der Waals surface area contributed by atoms with Crippen LogP contribution in [0.2, 0.25) is 0 Å².